The van der Waals surface area contributed by atoms with Gasteiger partial charge in [0.15, 0.2) is 0 Å². The zero-order valence-corrected chi connectivity index (χ0v) is 14.2. The summed E-state index contributed by atoms with van der Waals surface area (Å²) in [4.78, 5) is 23.5. The molecule has 0 unspecified atom stereocenters. The SMILES string of the molecule is C=C[C@H](c1cn(C(=O)OC(C)(C)C)c2ccccc12)[C@@H](Cl)C=O. The van der Waals surface area contributed by atoms with E-state index < -0.39 is 17.1 Å². The van der Waals surface area contributed by atoms with E-state index in [-0.39, 0.29) is 5.92 Å². The van der Waals surface area contributed by atoms with Crippen molar-refractivity contribution in [2.24, 2.45) is 0 Å². The molecule has 0 bridgehead atoms. The van der Waals surface area contributed by atoms with Crippen molar-refractivity contribution < 1.29 is 14.3 Å². The summed E-state index contributed by atoms with van der Waals surface area (Å²) < 4.78 is 6.89. The lowest BCUT2D eigenvalue weighted by Crippen LogP contribution is -2.26. The molecule has 2 aromatic rings. The molecule has 0 spiro atoms. The van der Waals surface area contributed by atoms with E-state index in [9.17, 15) is 9.59 Å². The highest BCUT2D eigenvalue weighted by molar-refractivity contribution is 6.28. The third-order valence-corrected chi connectivity index (χ3v) is 3.79. The number of aromatic nitrogens is 1. The number of carbonyl (C=O) groups is 2. The van der Waals surface area contributed by atoms with Crippen LogP contribution in [0, 0.1) is 0 Å². The molecule has 0 saturated heterocycles. The minimum Gasteiger partial charge on any atom is -0.443 e. The third-order valence-electron chi connectivity index (χ3n) is 3.42. The fraction of sp³-hybridized carbons (Fsp3) is 0.333. The molecule has 122 valence electrons. The number of hydrogen-bond acceptors (Lipinski definition) is 3. The van der Waals surface area contributed by atoms with Gasteiger partial charge in [0, 0.05) is 17.5 Å². The van der Waals surface area contributed by atoms with E-state index in [1.165, 1.54) is 4.57 Å². The maximum atomic E-state index is 12.5. The molecule has 2 rings (SSSR count). The first-order valence-corrected chi connectivity index (χ1v) is 7.77. The van der Waals surface area contributed by atoms with Crippen molar-refractivity contribution in [2.45, 2.75) is 37.7 Å². The number of ether oxygens (including phenoxy) is 1. The number of alkyl halides is 1. The highest BCUT2D eigenvalue weighted by Gasteiger charge is 2.25. The van der Waals surface area contributed by atoms with Crippen LogP contribution in [-0.4, -0.2) is 27.9 Å². The molecule has 0 amide bonds. The first kappa shape index (κ1) is 17.3. The predicted octanol–water partition coefficient (Wildman–Crippen LogP) is 4.50. The number of nitrogens with zero attached hydrogens (tertiary/aromatic N) is 1. The molecule has 0 saturated carbocycles. The Morgan fingerprint density at radius 1 is 1.35 bits per heavy atom. The van der Waals surface area contributed by atoms with Crippen molar-refractivity contribution >= 4 is 34.9 Å². The van der Waals surface area contributed by atoms with Crippen LogP contribution in [0.3, 0.4) is 0 Å². The predicted molar refractivity (Wildman–Crippen MR) is 92.2 cm³/mol. The summed E-state index contributed by atoms with van der Waals surface area (Å²) >= 11 is 6.10. The van der Waals surface area contributed by atoms with Crippen LogP contribution in [0.15, 0.2) is 43.1 Å². The van der Waals surface area contributed by atoms with Crippen LogP contribution in [0.4, 0.5) is 4.79 Å². The van der Waals surface area contributed by atoms with E-state index in [2.05, 4.69) is 6.58 Å². The molecule has 0 aliphatic rings. The van der Waals surface area contributed by atoms with Gasteiger partial charge in [0.1, 0.15) is 11.9 Å². The van der Waals surface area contributed by atoms with Crippen molar-refractivity contribution in [1.82, 2.24) is 4.57 Å². The number of para-hydroxylation sites is 1. The Bertz CT molecular complexity index is 742. The smallest absolute Gasteiger partial charge is 0.419 e. The molecule has 1 aromatic carbocycles. The maximum Gasteiger partial charge on any atom is 0.419 e. The molecule has 0 aliphatic heterocycles. The zero-order valence-electron chi connectivity index (χ0n) is 13.5. The second-order valence-corrected chi connectivity index (χ2v) is 6.80. The molecule has 1 aromatic heterocycles. The van der Waals surface area contributed by atoms with Gasteiger partial charge in [-0.3, -0.25) is 4.57 Å². The zero-order chi connectivity index (χ0) is 17.2. The van der Waals surface area contributed by atoms with Gasteiger partial charge in [0.25, 0.3) is 0 Å². The summed E-state index contributed by atoms with van der Waals surface area (Å²) in [5.41, 5.74) is 0.880. The topological polar surface area (TPSA) is 48.3 Å². The molecular weight excluding hydrogens is 314 g/mol. The van der Waals surface area contributed by atoms with Gasteiger partial charge in [0.2, 0.25) is 0 Å². The molecule has 4 nitrogen and oxygen atoms in total. The summed E-state index contributed by atoms with van der Waals surface area (Å²) in [5.74, 6) is -0.386. The van der Waals surface area contributed by atoms with E-state index >= 15 is 0 Å². The summed E-state index contributed by atoms with van der Waals surface area (Å²) in [6.45, 7) is 9.19. The fourth-order valence-corrected chi connectivity index (χ4v) is 2.69. The van der Waals surface area contributed by atoms with Crippen LogP contribution < -0.4 is 0 Å². The van der Waals surface area contributed by atoms with Crippen LogP contribution in [0.2, 0.25) is 0 Å². The minimum atomic E-state index is -0.745. The monoisotopic (exact) mass is 333 g/mol. The van der Waals surface area contributed by atoms with Crippen molar-refractivity contribution in [3.63, 3.8) is 0 Å². The highest BCUT2D eigenvalue weighted by atomic mass is 35.5. The lowest BCUT2D eigenvalue weighted by molar-refractivity contribution is -0.107. The minimum absolute atomic E-state index is 0.386. The lowest BCUT2D eigenvalue weighted by Gasteiger charge is -2.19. The Morgan fingerprint density at radius 3 is 2.57 bits per heavy atom. The van der Waals surface area contributed by atoms with E-state index in [1.54, 1.807) is 12.3 Å². The Morgan fingerprint density at radius 2 is 2.00 bits per heavy atom. The number of rotatable bonds is 4. The van der Waals surface area contributed by atoms with Crippen molar-refractivity contribution in [3.8, 4) is 0 Å². The Balaban J connectivity index is 2.58. The molecule has 0 radical (unpaired) electrons. The number of hydrogen-bond donors (Lipinski definition) is 0. The van der Waals surface area contributed by atoms with E-state index in [1.807, 2.05) is 45.0 Å². The van der Waals surface area contributed by atoms with Crippen LogP contribution in [0.1, 0.15) is 32.3 Å². The summed E-state index contributed by atoms with van der Waals surface area (Å²) in [6, 6.07) is 7.42. The van der Waals surface area contributed by atoms with Gasteiger partial charge >= 0.3 is 6.09 Å². The summed E-state index contributed by atoms with van der Waals surface area (Å²) in [7, 11) is 0. The standard InChI is InChI=1S/C18H20ClNO3/c1-5-12(15(19)11-21)14-10-20(17(22)23-18(2,3)4)16-9-7-6-8-13(14)16/h5-12,15H,1H2,2-4H3/t12-,15+/m1/s1. The van der Waals surface area contributed by atoms with Crippen LogP contribution in [0.25, 0.3) is 10.9 Å². The lowest BCUT2D eigenvalue weighted by atomic mass is 9.95. The van der Waals surface area contributed by atoms with Crippen molar-refractivity contribution in [2.75, 3.05) is 0 Å². The number of aldehydes is 1. The Kier molecular flexibility index (Phi) is 4.95. The average Bonchev–Trinajstić information content (AvgIpc) is 2.86. The van der Waals surface area contributed by atoms with E-state index in [0.29, 0.717) is 11.8 Å². The normalized spacial score (nSPS) is 14.3. The first-order chi connectivity index (χ1) is 10.8. The number of fused-ring (bicyclic) bond motifs is 1. The van der Waals surface area contributed by atoms with Gasteiger partial charge < -0.3 is 9.53 Å². The van der Waals surface area contributed by atoms with Gasteiger partial charge in [-0.1, -0.05) is 24.3 Å². The Labute approximate surface area is 140 Å². The average molecular weight is 334 g/mol. The molecular formula is C18H20ClNO3. The largest absolute Gasteiger partial charge is 0.443 e. The van der Waals surface area contributed by atoms with Crippen LogP contribution in [0.5, 0.6) is 0 Å². The molecule has 5 heteroatoms. The molecule has 0 aliphatic carbocycles. The van der Waals surface area contributed by atoms with E-state index in [4.69, 9.17) is 16.3 Å². The second kappa shape index (κ2) is 6.59. The summed E-state index contributed by atoms with van der Waals surface area (Å²) in [6.07, 6.45) is 3.49. The molecule has 0 fully saturated rings. The molecule has 2 atom stereocenters. The van der Waals surface area contributed by atoms with Gasteiger partial charge in [0.05, 0.1) is 10.9 Å². The quantitative estimate of drug-likeness (QED) is 0.470. The first-order valence-electron chi connectivity index (χ1n) is 7.33. The maximum absolute atomic E-state index is 12.5. The summed E-state index contributed by atoms with van der Waals surface area (Å²) in [5, 5.41) is 0.0983. The number of allylic oxidation sites excluding steroid dienone is 1. The van der Waals surface area contributed by atoms with Crippen LogP contribution >= 0.6 is 11.6 Å². The van der Waals surface area contributed by atoms with Crippen molar-refractivity contribution in [3.05, 3.63) is 48.7 Å². The fourth-order valence-electron chi connectivity index (χ4n) is 2.45. The molecule has 23 heavy (non-hydrogen) atoms. The second-order valence-electron chi connectivity index (χ2n) is 6.29. The number of carbonyl (C=O) groups excluding carboxylic acids is 2. The Hall–Kier alpha value is -2.07. The van der Waals surface area contributed by atoms with Gasteiger partial charge in [-0.2, -0.15) is 0 Å². The molecule has 0 N–H and O–H groups in total. The van der Waals surface area contributed by atoms with Crippen molar-refractivity contribution in [1.29, 1.82) is 0 Å². The number of halogens is 1. The molecule has 1 heterocycles. The van der Waals surface area contributed by atoms with E-state index in [0.717, 1.165) is 10.9 Å². The van der Waals surface area contributed by atoms with Gasteiger partial charge in [-0.05, 0) is 32.4 Å². The highest BCUT2D eigenvalue weighted by Crippen LogP contribution is 2.32. The van der Waals surface area contributed by atoms with Crippen LogP contribution in [-0.2, 0) is 9.53 Å². The van der Waals surface area contributed by atoms with Gasteiger partial charge in [-0.25, -0.2) is 4.79 Å². The number of benzene rings is 1. The van der Waals surface area contributed by atoms with Gasteiger partial charge in [-0.15, -0.1) is 18.2 Å². The third kappa shape index (κ3) is 3.64.